The van der Waals surface area contributed by atoms with Crippen LogP contribution in [0.1, 0.15) is 27.3 Å². The molecular weight excluding hydrogens is 467 g/mol. The fourth-order valence-electron chi connectivity index (χ4n) is 3.05. The van der Waals surface area contributed by atoms with E-state index in [2.05, 4.69) is 27.4 Å². The molecule has 2 aromatic carbocycles. The quantitative estimate of drug-likeness (QED) is 0.342. The van der Waals surface area contributed by atoms with Crippen molar-refractivity contribution in [3.8, 4) is 0 Å². The van der Waals surface area contributed by atoms with Crippen LogP contribution in [0.3, 0.4) is 0 Å². The highest BCUT2D eigenvalue weighted by Gasteiger charge is 2.30. The Kier molecular flexibility index (Phi) is 8.11. The Morgan fingerprint density at radius 2 is 1.91 bits per heavy atom. The molecule has 0 saturated heterocycles. The molecule has 0 aliphatic carbocycles. The highest BCUT2D eigenvalue weighted by molar-refractivity contribution is 7.99. The first-order valence-corrected chi connectivity index (χ1v) is 11.1. The maximum atomic E-state index is 12.9. The van der Waals surface area contributed by atoms with Gasteiger partial charge in [-0.3, -0.25) is 9.59 Å². The summed E-state index contributed by atoms with van der Waals surface area (Å²) in [5.74, 6) is -0.364. The second-order valence-electron chi connectivity index (χ2n) is 7.21. The summed E-state index contributed by atoms with van der Waals surface area (Å²) in [5, 5.41) is 13.8. The molecule has 1 aromatic heterocycles. The van der Waals surface area contributed by atoms with Crippen LogP contribution in [-0.4, -0.2) is 32.3 Å². The average Bonchev–Trinajstić information content (AvgIpc) is 3.18. The predicted molar refractivity (Wildman–Crippen MR) is 123 cm³/mol. The highest BCUT2D eigenvalue weighted by atomic mass is 32.2. The number of hydrogen-bond donors (Lipinski definition) is 2. The van der Waals surface area contributed by atoms with E-state index in [1.54, 1.807) is 22.8 Å². The summed E-state index contributed by atoms with van der Waals surface area (Å²) < 4.78 is 40.3. The summed E-state index contributed by atoms with van der Waals surface area (Å²) in [7, 11) is 0. The SMILES string of the molecule is C=CCn1c(CNC(=O)c2ccccc2C)nnc1SCC(=O)Nc1cccc(C(F)(F)F)c1. The van der Waals surface area contributed by atoms with Crippen LogP contribution >= 0.6 is 11.8 Å². The fraction of sp³-hybridized carbons (Fsp3) is 0.217. The molecule has 0 bridgehead atoms. The van der Waals surface area contributed by atoms with Gasteiger partial charge in [-0.25, -0.2) is 0 Å². The lowest BCUT2D eigenvalue weighted by atomic mass is 10.1. The van der Waals surface area contributed by atoms with Gasteiger partial charge in [-0.05, 0) is 36.8 Å². The van der Waals surface area contributed by atoms with Crippen LogP contribution in [0.25, 0.3) is 0 Å². The van der Waals surface area contributed by atoms with Crippen molar-refractivity contribution in [2.24, 2.45) is 0 Å². The third-order valence-electron chi connectivity index (χ3n) is 4.71. The molecule has 0 spiro atoms. The number of rotatable bonds is 9. The molecule has 11 heteroatoms. The molecule has 0 atom stereocenters. The molecule has 0 saturated carbocycles. The van der Waals surface area contributed by atoms with Gasteiger partial charge >= 0.3 is 6.18 Å². The Hall–Kier alpha value is -3.60. The Morgan fingerprint density at radius 1 is 1.15 bits per heavy atom. The van der Waals surface area contributed by atoms with E-state index in [0.717, 1.165) is 29.5 Å². The molecule has 2 amide bonds. The summed E-state index contributed by atoms with van der Waals surface area (Å²) in [4.78, 5) is 24.8. The number of halogens is 3. The Balaban J connectivity index is 1.62. The van der Waals surface area contributed by atoms with E-state index >= 15 is 0 Å². The zero-order valence-electron chi connectivity index (χ0n) is 18.2. The van der Waals surface area contributed by atoms with Crippen LogP contribution in [0.2, 0.25) is 0 Å². The summed E-state index contributed by atoms with van der Waals surface area (Å²) in [6, 6.07) is 11.6. The predicted octanol–water partition coefficient (Wildman–Crippen LogP) is 4.45. The number of benzene rings is 2. The van der Waals surface area contributed by atoms with Gasteiger partial charge in [0.25, 0.3) is 5.91 Å². The number of anilines is 1. The van der Waals surface area contributed by atoms with E-state index in [9.17, 15) is 22.8 Å². The number of aromatic nitrogens is 3. The number of hydrogen-bond acceptors (Lipinski definition) is 5. The minimum atomic E-state index is -4.50. The molecule has 3 rings (SSSR count). The van der Waals surface area contributed by atoms with Gasteiger partial charge in [0, 0.05) is 17.8 Å². The van der Waals surface area contributed by atoms with Crippen molar-refractivity contribution in [1.82, 2.24) is 20.1 Å². The van der Waals surface area contributed by atoms with E-state index < -0.39 is 17.6 Å². The van der Waals surface area contributed by atoms with Gasteiger partial charge in [-0.2, -0.15) is 13.2 Å². The molecule has 0 radical (unpaired) electrons. The van der Waals surface area contributed by atoms with Gasteiger partial charge in [-0.1, -0.05) is 42.1 Å². The Labute approximate surface area is 198 Å². The summed E-state index contributed by atoms with van der Waals surface area (Å²) in [6.45, 7) is 6.01. The van der Waals surface area contributed by atoms with Crippen molar-refractivity contribution in [3.63, 3.8) is 0 Å². The third kappa shape index (κ3) is 6.47. The maximum absolute atomic E-state index is 12.9. The fourth-order valence-corrected chi connectivity index (χ4v) is 3.82. The highest BCUT2D eigenvalue weighted by Crippen LogP contribution is 2.30. The van der Waals surface area contributed by atoms with Crippen molar-refractivity contribution < 1.29 is 22.8 Å². The molecule has 0 fully saturated rings. The van der Waals surface area contributed by atoms with E-state index in [4.69, 9.17) is 0 Å². The van der Waals surface area contributed by atoms with E-state index in [1.165, 1.54) is 12.1 Å². The van der Waals surface area contributed by atoms with Gasteiger partial charge in [0.2, 0.25) is 5.91 Å². The normalized spacial score (nSPS) is 11.2. The van der Waals surface area contributed by atoms with Gasteiger partial charge in [0.15, 0.2) is 11.0 Å². The first-order chi connectivity index (χ1) is 16.2. The largest absolute Gasteiger partial charge is 0.416 e. The van der Waals surface area contributed by atoms with Crippen molar-refractivity contribution in [2.45, 2.75) is 31.3 Å². The molecule has 34 heavy (non-hydrogen) atoms. The van der Waals surface area contributed by atoms with Crippen LogP contribution in [0.15, 0.2) is 66.3 Å². The lowest BCUT2D eigenvalue weighted by molar-refractivity contribution is -0.137. The zero-order chi connectivity index (χ0) is 24.7. The monoisotopic (exact) mass is 489 g/mol. The van der Waals surface area contributed by atoms with Gasteiger partial charge < -0.3 is 15.2 Å². The summed E-state index contributed by atoms with van der Waals surface area (Å²) in [5.41, 5.74) is 0.599. The minimum Gasteiger partial charge on any atom is -0.345 e. The second-order valence-corrected chi connectivity index (χ2v) is 8.15. The Morgan fingerprint density at radius 3 is 2.62 bits per heavy atom. The number of carbonyl (C=O) groups is 2. The molecule has 0 unspecified atom stereocenters. The van der Waals surface area contributed by atoms with Crippen LogP contribution in [0, 0.1) is 6.92 Å². The number of amides is 2. The van der Waals surface area contributed by atoms with Crippen LogP contribution < -0.4 is 10.6 Å². The molecule has 7 nitrogen and oxygen atoms in total. The molecular formula is C23H22F3N5O2S. The van der Waals surface area contributed by atoms with Crippen LogP contribution in [0.5, 0.6) is 0 Å². The summed E-state index contributed by atoms with van der Waals surface area (Å²) in [6.07, 6.45) is -2.87. The van der Waals surface area contributed by atoms with Crippen molar-refractivity contribution in [3.05, 3.63) is 83.7 Å². The number of allylic oxidation sites excluding steroid dienone is 1. The number of carbonyl (C=O) groups excluding carboxylic acids is 2. The average molecular weight is 490 g/mol. The van der Waals surface area contributed by atoms with Crippen LogP contribution in [-0.2, 0) is 24.1 Å². The lowest BCUT2D eigenvalue weighted by Gasteiger charge is -2.11. The van der Waals surface area contributed by atoms with E-state index in [0.29, 0.717) is 23.1 Å². The number of nitrogens with one attached hydrogen (secondary N) is 2. The zero-order valence-corrected chi connectivity index (χ0v) is 19.0. The molecule has 3 aromatic rings. The molecule has 2 N–H and O–H groups in total. The maximum Gasteiger partial charge on any atom is 0.416 e. The smallest absolute Gasteiger partial charge is 0.345 e. The minimum absolute atomic E-state index is 0.0487. The number of thioether (sulfide) groups is 1. The topological polar surface area (TPSA) is 88.9 Å². The summed E-state index contributed by atoms with van der Waals surface area (Å²) >= 11 is 1.07. The Bertz CT molecular complexity index is 1190. The molecule has 178 valence electrons. The van der Waals surface area contributed by atoms with Gasteiger partial charge in [-0.15, -0.1) is 16.8 Å². The molecule has 0 aliphatic rings. The van der Waals surface area contributed by atoms with Gasteiger partial charge in [0.05, 0.1) is 17.9 Å². The standard InChI is InChI=1S/C23H22F3N5O2S/c1-3-11-31-19(13-27-21(33)18-10-5-4-7-15(18)2)29-30-22(31)34-14-20(32)28-17-9-6-8-16(12-17)23(24,25)26/h3-10,12H,1,11,13-14H2,2H3,(H,27,33)(H,28,32). The van der Waals surface area contributed by atoms with Crippen molar-refractivity contribution >= 4 is 29.3 Å². The van der Waals surface area contributed by atoms with Crippen molar-refractivity contribution in [1.29, 1.82) is 0 Å². The van der Waals surface area contributed by atoms with E-state index in [-0.39, 0.29) is 23.9 Å². The van der Waals surface area contributed by atoms with E-state index in [1.807, 2.05) is 19.1 Å². The van der Waals surface area contributed by atoms with Crippen LogP contribution in [0.4, 0.5) is 18.9 Å². The molecule has 0 aliphatic heterocycles. The third-order valence-corrected chi connectivity index (χ3v) is 5.67. The number of aryl methyl sites for hydroxylation is 1. The number of alkyl halides is 3. The number of nitrogens with zero attached hydrogens (tertiary/aromatic N) is 3. The lowest BCUT2D eigenvalue weighted by Crippen LogP contribution is -2.25. The van der Waals surface area contributed by atoms with Gasteiger partial charge in [0.1, 0.15) is 0 Å². The van der Waals surface area contributed by atoms with Crippen molar-refractivity contribution in [2.75, 3.05) is 11.1 Å². The second kappa shape index (κ2) is 11.0. The first-order valence-electron chi connectivity index (χ1n) is 10.2. The molecule has 1 heterocycles. The first kappa shape index (κ1) is 25.0.